The molecule has 0 aliphatic carbocycles. The summed E-state index contributed by atoms with van der Waals surface area (Å²) in [6.07, 6.45) is 3.22. The molecule has 1 aromatic carbocycles. The number of hydrogen-bond donors (Lipinski definition) is 1. The topological polar surface area (TPSA) is 35.2 Å². The van der Waals surface area contributed by atoms with Gasteiger partial charge in [-0.15, -0.1) is 11.3 Å². The summed E-state index contributed by atoms with van der Waals surface area (Å²) in [4.78, 5) is 1.44. The van der Waals surface area contributed by atoms with E-state index in [0.29, 0.717) is 6.54 Å². The highest BCUT2D eigenvalue weighted by molar-refractivity contribution is 7.09. The number of ether oxygens (including phenoxy) is 1. The third-order valence-electron chi connectivity index (χ3n) is 4.12. The van der Waals surface area contributed by atoms with Crippen molar-refractivity contribution in [3.63, 3.8) is 0 Å². The van der Waals surface area contributed by atoms with Crippen molar-refractivity contribution in [1.82, 2.24) is 0 Å². The second kappa shape index (κ2) is 5.35. The van der Waals surface area contributed by atoms with Gasteiger partial charge in [0.2, 0.25) is 0 Å². The molecule has 2 heterocycles. The van der Waals surface area contributed by atoms with Crippen molar-refractivity contribution in [3.8, 4) is 5.75 Å². The van der Waals surface area contributed by atoms with E-state index in [9.17, 15) is 0 Å². The number of aryl methyl sites for hydroxylation is 1. The predicted octanol–water partition coefficient (Wildman–Crippen LogP) is 3.36. The standard InChI is InChI=1S/C16H19NOS/c17-12-16(8-7-13-4-3-11-19-13)9-10-18-15-6-2-1-5-14(15)16/h1-6,11H,7-10,12,17H2. The minimum Gasteiger partial charge on any atom is -0.493 e. The van der Waals surface area contributed by atoms with E-state index in [1.165, 1.54) is 10.4 Å². The van der Waals surface area contributed by atoms with E-state index in [1.807, 2.05) is 17.4 Å². The molecule has 2 aromatic rings. The quantitative estimate of drug-likeness (QED) is 0.927. The van der Waals surface area contributed by atoms with Gasteiger partial charge in [-0.05, 0) is 36.8 Å². The molecule has 1 aliphatic rings. The first-order chi connectivity index (χ1) is 9.34. The normalized spacial score (nSPS) is 21.7. The summed E-state index contributed by atoms with van der Waals surface area (Å²) < 4.78 is 5.76. The van der Waals surface area contributed by atoms with E-state index < -0.39 is 0 Å². The first-order valence-corrected chi connectivity index (χ1v) is 7.67. The lowest BCUT2D eigenvalue weighted by atomic mass is 9.72. The minimum atomic E-state index is 0.0822. The summed E-state index contributed by atoms with van der Waals surface area (Å²) >= 11 is 1.83. The number of thiophene rings is 1. The zero-order chi connectivity index (χ0) is 13.1. The molecule has 1 atom stereocenters. The summed E-state index contributed by atoms with van der Waals surface area (Å²) in [5, 5.41) is 2.14. The van der Waals surface area contributed by atoms with Gasteiger partial charge >= 0.3 is 0 Å². The molecule has 0 radical (unpaired) electrons. The van der Waals surface area contributed by atoms with Crippen LogP contribution >= 0.6 is 11.3 Å². The molecule has 0 bridgehead atoms. The van der Waals surface area contributed by atoms with E-state index in [4.69, 9.17) is 10.5 Å². The molecule has 1 unspecified atom stereocenters. The fraction of sp³-hybridized carbons (Fsp3) is 0.375. The average Bonchev–Trinajstić information content (AvgIpc) is 2.98. The average molecular weight is 273 g/mol. The van der Waals surface area contributed by atoms with E-state index in [1.54, 1.807) is 0 Å². The van der Waals surface area contributed by atoms with Gasteiger partial charge in [-0.3, -0.25) is 0 Å². The molecular weight excluding hydrogens is 254 g/mol. The van der Waals surface area contributed by atoms with Crippen LogP contribution in [0, 0.1) is 0 Å². The maximum atomic E-state index is 6.14. The van der Waals surface area contributed by atoms with Gasteiger partial charge in [-0.25, -0.2) is 0 Å². The van der Waals surface area contributed by atoms with Crippen molar-refractivity contribution in [2.45, 2.75) is 24.7 Å². The lowest BCUT2D eigenvalue weighted by molar-refractivity contribution is 0.209. The van der Waals surface area contributed by atoms with Crippen molar-refractivity contribution in [3.05, 3.63) is 52.2 Å². The SMILES string of the molecule is NCC1(CCc2cccs2)CCOc2ccccc21. The maximum absolute atomic E-state index is 6.14. The maximum Gasteiger partial charge on any atom is 0.123 e. The molecule has 3 rings (SSSR count). The fourth-order valence-corrected chi connectivity index (χ4v) is 3.62. The Morgan fingerprint density at radius 3 is 2.89 bits per heavy atom. The molecule has 3 heteroatoms. The van der Waals surface area contributed by atoms with Gasteiger partial charge in [0.1, 0.15) is 5.75 Å². The van der Waals surface area contributed by atoms with Crippen LogP contribution in [0.3, 0.4) is 0 Å². The van der Waals surface area contributed by atoms with Crippen LogP contribution in [0.1, 0.15) is 23.3 Å². The van der Waals surface area contributed by atoms with Gasteiger partial charge in [-0.1, -0.05) is 24.3 Å². The van der Waals surface area contributed by atoms with Crippen LogP contribution in [0.5, 0.6) is 5.75 Å². The summed E-state index contributed by atoms with van der Waals surface area (Å²) in [6.45, 7) is 1.47. The van der Waals surface area contributed by atoms with Crippen LogP contribution in [0.4, 0.5) is 0 Å². The Morgan fingerprint density at radius 2 is 2.11 bits per heavy atom. The number of para-hydroxylation sites is 1. The van der Waals surface area contributed by atoms with Crippen molar-refractivity contribution < 1.29 is 4.74 Å². The second-order valence-corrected chi connectivity index (χ2v) is 6.19. The van der Waals surface area contributed by atoms with E-state index in [0.717, 1.165) is 31.6 Å². The third kappa shape index (κ3) is 2.40. The molecule has 100 valence electrons. The zero-order valence-electron chi connectivity index (χ0n) is 11.0. The molecule has 0 spiro atoms. The smallest absolute Gasteiger partial charge is 0.123 e. The molecule has 1 aromatic heterocycles. The summed E-state index contributed by atoms with van der Waals surface area (Å²) in [7, 11) is 0. The number of fused-ring (bicyclic) bond motifs is 1. The lowest BCUT2D eigenvalue weighted by Crippen LogP contribution is -2.40. The third-order valence-corrected chi connectivity index (χ3v) is 5.05. The van der Waals surface area contributed by atoms with E-state index >= 15 is 0 Å². The molecule has 0 saturated carbocycles. The molecule has 2 nitrogen and oxygen atoms in total. The van der Waals surface area contributed by atoms with Crippen molar-refractivity contribution in [2.75, 3.05) is 13.2 Å². The highest BCUT2D eigenvalue weighted by Gasteiger charge is 2.36. The molecule has 1 aliphatic heterocycles. The lowest BCUT2D eigenvalue weighted by Gasteiger charge is -2.38. The molecular formula is C16H19NOS. The number of nitrogens with two attached hydrogens (primary N) is 1. The van der Waals surface area contributed by atoms with Crippen LogP contribution < -0.4 is 10.5 Å². The number of rotatable bonds is 4. The highest BCUT2D eigenvalue weighted by atomic mass is 32.1. The first kappa shape index (κ1) is 12.7. The van der Waals surface area contributed by atoms with Crippen LogP contribution in [0.25, 0.3) is 0 Å². The zero-order valence-corrected chi connectivity index (χ0v) is 11.8. The van der Waals surface area contributed by atoms with Gasteiger partial charge in [0.25, 0.3) is 0 Å². The molecule has 19 heavy (non-hydrogen) atoms. The monoisotopic (exact) mass is 273 g/mol. The van der Waals surface area contributed by atoms with Gasteiger partial charge in [0.05, 0.1) is 6.61 Å². The van der Waals surface area contributed by atoms with Crippen LogP contribution in [0.2, 0.25) is 0 Å². The van der Waals surface area contributed by atoms with E-state index in [2.05, 4.69) is 35.7 Å². The Balaban J connectivity index is 1.87. The fourth-order valence-electron chi connectivity index (χ4n) is 2.91. The largest absolute Gasteiger partial charge is 0.493 e. The van der Waals surface area contributed by atoms with Gasteiger partial charge in [-0.2, -0.15) is 0 Å². The van der Waals surface area contributed by atoms with Gasteiger partial charge < -0.3 is 10.5 Å². The summed E-state index contributed by atoms with van der Waals surface area (Å²) in [5.41, 5.74) is 7.51. The highest BCUT2D eigenvalue weighted by Crippen LogP contribution is 2.41. The Labute approximate surface area is 118 Å². The van der Waals surface area contributed by atoms with E-state index in [-0.39, 0.29) is 5.41 Å². The van der Waals surface area contributed by atoms with Gasteiger partial charge in [0.15, 0.2) is 0 Å². The van der Waals surface area contributed by atoms with Crippen molar-refractivity contribution in [2.24, 2.45) is 5.73 Å². The molecule has 0 amide bonds. The second-order valence-electron chi connectivity index (χ2n) is 5.16. The van der Waals surface area contributed by atoms with Gasteiger partial charge in [0, 0.05) is 22.4 Å². The molecule has 0 fully saturated rings. The Hall–Kier alpha value is -1.32. The minimum absolute atomic E-state index is 0.0822. The molecule has 0 saturated heterocycles. The Morgan fingerprint density at radius 1 is 1.21 bits per heavy atom. The number of hydrogen-bond acceptors (Lipinski definition) is 3. The van der Waals surface area contributed by atoms with Crippen molar-refractivity contribution in [1.29, 1.82) is 0 Å². The van der Waals surface area contributed by atoms with Crippen LogP contribution in [0.15, 0.2) is 41.8 Å². The van der Waals surface area contributed by atoms with Crippen molar-refractivity contribution >= 4 is 11.3 Å². The van der Waals surface area contributed by atoms with Crippen LogP contribution in [-0.2, 0) is 11.8 Å². The van der Waals surface area contributed by atoms with Crippen LogP contribution in [-0.4, -0.2) is 13.2 Å². The Bertz CT molecular complexity index is 537. The Kier molecular flexibility index (Phi) is 3.58. The molecule has 2 N–H and O–H groups in total. The summed E-state index contributed by atoms with van der Waals surface area (Å²) in [6, 6.07) is 12.7. The number of benzene rings is 1. The summed E-state index contributed by atoms with van der Waals surface area (Å²) in [5.74, 6) is 1.02. The first-order valence-electron chi connectivity index (χ1n) is 6.79. The predicted molar refractivity (Wildman–Crippen MR) is 79.9 cm³/mol.